The molecular formula is C17H17ClF3N5O. The Morgan fingerprint density at radius 2 is 1.93 bits per heavy atom. The molecule has 10 heteroatoms. The summed E-state index contributed by atoms with van der Waals surface area (Å²) in [5.41, 5.74) is -1.23. The molecule has 0 aliphatic heterocycles. The molecule has 144 valence electrons. The average molecular weight is 400 g/mol. The van der Waals surface area contributed by atoms with E-state index in [1.807, 2.05) is 0 Å². The van der Waals surface area contributed by atoms with Crippen LogP contribution in [0.1, 0.15) is 36.7 Å². The summed E-state index contributed by atoms with van der Waals surface area (Å²) < 4.78 is 40.2. The third kappa shape index (κ3) is 3.98. The molecule has 0 spiro atoms. The van der Waals surface area contributed by atoms with Crippen LogP contribution in [0.15, 0.2) is 30.6 Å². The fourth-order valence-electron chi connectivity index (χ4n) is 2.75. The number of aryl methyl sites for hydroxylation is 1. The van der Waals surface area contributed by atoms with Gasteiger partial charge >= 0.3 is 6.18 Å². The lowest BCUT2D eigenvalue weighted by Gasteiger charge is -2.32. The number of fused-ring (bicyclic) bond motifs is 1. The maximum Gasteiger partial charge on any atom is 0.416 e. The minimum absolute atomic E-state index is 0.106. The van der Waals surface area contributed by atoms with Crippen LogP contribution in [0.2, 0.25) is 5.02 Å². The molecule has 0 saturated carbocycles. The molecule has 0 saturated heterocycles. The smallest absolute Gasteiger partial charge is 0.388 e. The Labute approximate surface area is 158 Å². The molecule has 0 amide bonds. The number of alkyl halides is 3. The highest BCUT2D eigenvalue weighted by atomic mass is 35.5. The number of rotatable bonds is 4. The molecule has 3 rings (SSSR count). The lowest BCUT2D eigenvalue weighted by molar-refractivity contribution is -0.137. The Morgan fingerprint density at radius 1 is 1.22 bits per heavy atom. The predicted molar refractivity (Wildman–Crippen MR) is 94.6 cm³/mol. The van der Waals surface area contributed by atoms with E-state index in [9.17, 15) is 18.3 Å². The van der Waals surface area contributed by atoms with E-state index in [0.29, 0.717) is 22.9 Å². The highest BCUT2D eigenvalue weighted by Gasteiger charge is 2.34. The average Bonchev–Trinajstić information content (AvgIpc) is 2.99. The lowest BCUT2D eigenvalue weighted by Crippen LogP contribution is -2.35. The number of hydrogen-bond donors (Lipinski definition) is 2. The van der Waals surface area contributed by atoms with E-state index < -0.39 is 23.4 Å². The first-order chi connectivity index (χ1) is 12.5. The van der Waals surface area contributed by atoms with E-state index in [2.05, 4.69) is 20.4 Å². The van der Waals surface area contributed by atoms with Gasteiger partial charge in [0.05, 0.1) is 17.2 Å². The maximum atomic E-state index is 12.9. The topological polar surface area (TPSA) is 75.3 Å². The second kappa shape index (κ2) is 6.65. The van der Waals surface area contributed by atoms with Crippen LogP contribution in [0, 0.1) is 6.92 Å². The van der Waals surface area contributed by atoms with Crippen LogP contribution in [0.3, 0.4) is 0 Å². The van der Waals surface area contributed by atoms with Gasteiger partial charge in [-0.05, 0) is 38.5 Å². The van der Waals surface area contributed by atoms with Crippen LogP contribution in [0.5, 0.6) is 0 Å². The van der Waals surface area contributed by atoms with Crippen molar-refractivity contribution in [2.45, 2.75) is 38.6 Å². The van der Waals surface area contributed by atoms with Crippen LogP contribution in [0.4, 0.5) is 19.0 Å². The van der Waals surface area contributed by atoms with Crippen molar-refractivity contribution >= 4 is 23.2 Å². The van der Waals surface area contributed by atoms with Crippen LogP contribution in [-0.2, 0) is 6.18 Å². The van der Waals surface area contributed by atoms with Crippen molar-refractivity contribution in [3.05, 3.63) is 52.4 Å². The van der Waals surface area contributed by atoms with Gasteiger partial charge in [-0.25, -0.2) is 4.98 Å². The van der Waals surface area contributed by atoms with Crippen molar-refractivity contribution in [2.24, 2.45) is 0 Å². The zero-order valence-electron chi connectivity index (χ0n) is 14.7. The molecule has 0 radical (unpaired) electrons. The van der Waals surface area contributed by atoms with E-state index in [0.717, 1.165) is 12.1 Å². The first kappa shape index (κ1) is 19.4. The number of aromatic nitrogens is 4. The van der Waals surface area contributed by atoms with E-state index in [1.54, 1.807) is 13.0 Å². The number of nitrogens with zero attached hydrogens (tertiary/aromatic N) is 4. The molecule has 0 unspecified atom stereocenters. The molecular weight excluding hydrogens is 383 g/mol. The van der Waals surface area contributed by atoms with Gasteiger partial charge in [-0.15, -0.1) is 0 Å². The van der Waals surface area contributed by atoms with Crippen molar-refractivity contribution in [1.29, 1.82) is 0 Å². The molecule has 2 aromatic heterocycles. The number of nitrogens with one attached hydrogen (secondary N) is 1. The Bertz CT molecular complexity index is 981. The van der Waals surface area contributed by atoms with Crippen molar-refractivity contribution < 1.29 is 18.3 Å². The fraction of sp³-hybridized carbons (Fsp3) is 0.353. The molecule has 0 bridgehead atoms. The predicted octanol–water partition coefficient (Wildman–Crippen LogP) is 4.03. The number of anilines is 1. The van der Waals surface area contributed by atoms with Gasteiger partial charge in [0.2, 0.25) is 0 Å². The standard InChI is InChI=1S/C17H17ClF3N5O/c1-9-6-13(26-15(24-9)22-8-23-26)25-14(16(2,3)27)11-5-4-10(7-12(11)18)17(19,20)21/h4-8,14,25,27H,1-3H3/t14-/m1/s1. The minimum Gasteiger partial charge on any atom is -0.388 e. The summed E-state index contributed by atoms with van der Waals surface area (Å²) in [6.45, 7) is 4.83. The molecule has 1 aromatic carbocycles. The number of halogens is 4. The number of aliphatic hydroxyl groups is 1. The van der Waals surface area contributed by atoms with Crippen LogP contribution in [0.25, 0.3) is 5.78 Å². The monoisotopic (exact) mass is 399 g/mol. The summed E-state index contributed by atoms with van der Waals surface area (Å²) in [6, 6.07) is 3.91. The van der Waals surface area contributed by atoms with Gasteiger partial charge in [-0.1, -0.05) is 17.7 Å². The summed E-state index contributed by atoms with van der Waals surface area (Å²) in [4.78, 5) is 8.26. The molecule has 27 heavy (non-hydrogen) atoms. The molecule has 2 N–H and O–H groups in total. The zero-order valence-corrected chi connectivity index (χ0v) is 15.5. The van der Waals surface area contributed by atoms with Gasteiger partial charge in [0, 0.05) is 16.8 Å². The molecule has 3 aromatic rings. The third-order valence-corrected chi connectivity index (χ3v) is 4.34. The van der Waals surface area contributed by atoms with Crippen molar-refractivity contribution in [2.75, 3.05) is 5.32 Å². The maximum absolute atomic E-state index is 12.9. The van der Waals surface area contributed by atoms with Gasteiger partial charge in [0.15, 0.2) is 0 Å². The van der Waals surface area contributed by atoms with Crippen LogP contribution in [-0.4, -0.2) is 30.3 Å². The molecule has 0 aliphatic carbocycles. The highest BCUT2D eigenvalue weighted by Crippen LogP contribution is 2.38. The number of benzene rings is 1. The van der Waals surface area contributed by atoms with E-state index in [-0.39, 0.29) is 5.02 Å². The van der Waals surface area contributed by atoms with Crippen molar-refractivity contribution in [1.82, 2.24) is 19.6 Å². The van der Waals surface area contributed by atoms with Gasteiger partial charge < -0.3 is 10.4 Å². The largest absolute Gasteiger partial charge is 0.416 e. The fourth-order valence-corrected chi connectivity index (χ4v) is 3.04. The van der Waals surface area contributed by atoms with E-state index in [1.165, 1.54) is 30.8 Å². The van der Waals surface area contributed by atoms with Crippen molar-refractivity contribution in [3.63, 3.8) is 0 Å². The van der Waals surface area contributed by atoms with Crippen LogP contribution >= 0.6 is 11.6 Å². The Morgan fingerprint density at radius 3 is 2.52 bits per heavy atom. The highest BCUT2D eigenvalue weighted by molar-refractivity contribution is 6.31. The summed E-state index contributed by atoms with van der Waals surface area (Å²) in [7, 11) is 0. The van der Waals surface area contributed by atoms with E-state index in [4.69, 9.17) is 11.6 Å². The second-order valence-electron chi connectivity index (χ2n) is 6.72. The quantitative estimate of drug-likeness (QED) is 0.692. The first-order valence-electron chi connectivity index (χ1n) is 8.00. The summed E-state index contributed by atoms with van der Waals surface area (Å²) >= 11 is 6.13. The Balaban J connectivity index is 2.07. The Kier molecular flexibility index (Phi) is 4.77. The second-order valence-corrected chi connectivity index (χ2v) is 7.13. The minimum atomic E-state index is -4.51. The zero-order chi connectivity index (χ0) is 20.0. The third-order valence-electron chi connectivity index (χ3n) is 4.02. The van der Waals surface area contributed by atoms with Crippen LogP contribution < -0.4 is 5.32 Å². The van der Waals surface area contributed by atoms with Gasteiger partial charge in [-0.2, -0.15) is 27.8 Å². The van der Waals surface area contributed by atoms with Gasteiger partial charge in [0.1, 0.15) is 12.1 Å². The summed E-state index contributed by atoms with van der Waals surface area (Å²) in [5.74, 6) is 0.823. The molecule has 1 atom stereocenters. The normalized spacial score (nSPS) is 13.8. The molecule has 0 aliphatic rings. The van der Waals surface area contributed by atoms with Crippen molar-refractivity contribution in [3.8, 4) is 0 Å². The van der Waals surface area contributed by atoms with E-state index >= 15 is 0 Å². The SMILES string of the molecule is Cc1cc(N[C@H](c2ccc(C(F)(F)F)cc2Cl)C(C)(C)O)n2ncnc2n1. The van der Waals surface area contributed by atoms with Gasteiger partial charge in [-0.3, -0.25) is 0 Å². The Hall–Kier alpha value is -2.39. The summed E-state index contributed by atoms with van der Waals surface area (Å²) in [6.07, 6.45) is -3.17. The molecule has 0 fully saturated rings. The van der Waals surface area contributed by atoms with Gasteiger partial charge in [0.25, 0.3) is 5.78 Å². The number of hydrogen-bond acceptors (Lipinski definition) is 5. The first-order valence-corrected chi connectivity index (χ1v) is 8.37. The molecule has 2 heterocycles. The summed E-state index contributed by atoms with van der Waals surface area (Å²) in [5, 5.41) is 17.7. The lowest BCUT2D eigenvalue weighted by atomic mass is 9.91. The molecule has 6 nitrogen and oxygen atoms in total.